The van der Waals surface area contributed by atoms with Crippen LogP contribution in [0.1, 0.15) is 28.4 Å². The molecule has 168 valence electrons. The van der Waals surface area contributed by atoms with Crippen LogP contribution in [-0.2, 0) is 17.9 Å². The van der Waals surface area contributed by atoms with Gasteiger partial charge in [-0.2, -0.15) is 13.2 Å². The van der Waals surface area contributed by atoms with Crippen LogP contribution >= 0.6 is 11.6 Å². The van der Waals surface area contributed by atoms with E-state index in [-0.39, 0.29) is 42.2 Å². The number of nitrogens with zero attached hydrogens (tertiary/aromatic N) is 3. The number of rotatable bonds is 4. The van der Waals surface area contributed by atoms with E-state index >= 15 is 0 Å². The SMILES string of the molecule is CC(N1Cc2cc(-c3ccc(CN4CC(=O)N(C)C4=O)cc3)cc(Cl)c2C1=O)C(F)(F)F. The zero-order valence-corrected chi connectivity index (χ0v) is 18.0. The Labute approximate surface area is 187 Å². The van der Waals surface area contributed by atoms with Gasteiger partial charge in [-0.3, -0.25) is 14.5 Å². The lowest BCUT2D eigenvalue weighted by atomic mass is 9.99. The lowest BCUT2D eigenvalue weighted by Crippen LogP contribution is -2.43. The number of halogens is 4. The first-order valence-electron chi connectivity index (χ1n) is 9.82. The maximum atomic E-state index is 13.1. The highest BCUT2D eigenvalue weighted by Crippen LogP contribution is 2.37. The average molecular weight is 466 g/mol. The molecule has 4 rings (SSSR count). The molecule has 2 heterocycles. The first-order chi connectivity index (χ1) is 15.0. The smallest absolute Gasteiger partial charge is 0.322 e. The molecule has 32 heavy (non-hydrogen) atoms. The Kier molecular flexibility index (Phi) is 5.40. The van der Waals surface area contributed by atoms with Crippen molar-refractivity contribution in [2.45, 2.75) is 32.2 Å². The van der Waals surface area contributed by atoms with Crippen LogP contribution < -0.4 is 0 Å². The van der Waals surface area contributed by atoms with Gasteiger partial charge < -0.3 is 9.80 Å². The minimum Gasteiger partial charge on any atom is -0.322 e. The number of hydrogen-bond donors (Lipinski definition) is 0. The molecule has 10 heteroatoms. The summed E-state index contributed by atoms with van der Waals surface area (Å²) >= 11 is 6.28. The van der Waals surface area contributed by atoms with Crippen molar-refractivity contribution in [3.63, 3.8) is 0 Å². The van der Waals surface area contributed by atoms with Crippen molar-refractivity contribution in [2.75, 3.05) is 13.6 Å². The molecule has 1 fully saturated rings. The molecule has 2 aliphatic rings. The first-order valence-corrected chi connectivity index (χ1v) is 10.2. The summed E-state index contributed by atoms with van der Waals surface area (Å²) in [6, 6.07) is 8.17. The van der Waals surface area contributed by atoms with E-state index in [0.29, 0.717) is 11.1 Å². The van der Waals surface area contributed by atoms with E-state index < -0.39 is 18.1 Å². The molecule has 1 saturated heterocycles. The highest BCUT2D eigenvalue weighted by atomic mass is 35.5. The standard InChI is InChI=1S/C22H19ClF3N3O3/c1-12(22(24,25)26)29-10-16-7-15(8-17(23)19(16)20(29)31)14-5-3-13(4-6-14)9-28-11-18(30)27(2)21(28)32/h3-8,12H,9-11H2,1-2H3. The van der Waals surface area contributed by atoms with Gasteiger partial charge in [0.05, 0.1) is 10.6 Å². The quantitative estimate of drug-likeness (QED) is 0.632. The van der Waals surface area contributed by atoms with Crippen molar-refractivity contribution >= 4 is 29.4 Å². The zero-order chi connectivity index (χ0) is 23.4. The number of imide groups is 1. The van der Waals surface area contributed by atoms with Gasteiger partial charge in [0, 0.05) is 20.1 Å². The number of alkyl halides is 3. The molecular weight excluding hydrogens is 447 g/mol. The minimum absolute atomic E-state index is 0.0262. The third kappa shape index (κ3) is 3.81. The van der Waals surface area contributed by atoms with E-state index in [4.69, 9.17) is 11.6 Å². The van der Waals surface area contributed by atoms with Crippen LogP contribution in [-0.4, -0.2) is 58.4 Å². The third-order valence-electron chi connectivity index (χ3n) is 5.85. The fraction of sp³-hybridized carbons (Fsp3) is 0.318. The third-order valence-corrected chi connectivity index (χ3v) is 6.15. The van der Waals surface area contributed by atoms with E-state index in [9.17, 15) is 27.6 Å². The Hall–Kier alpha value is -3.07. The fourth-order valence-corrected chi connectivity index (χ4v) is 4.20. The summed E-state index contributed by atoms with van der Waals surface area (Å²) in [7, 11) is 1.44. The molecule has 0 spiro atoms. The number of hydrogen-bond acceptors (Lipinski definition) is 3. The Bertz CT molecular complexity index is 1120. The Morgan fingerprint density at radius 1 is 1.03 bits per heavy atom. The van der Waals surface area contributed by atoms with Crippen LogP contribution in [0.5, 0.6) is 0 Å². The summed E-state index contributed by atoms with van der Waals surface area (Å²) in [5.41, 5.74) is 2.79. The summed E-state index contributed by atoms with van der Waals surface area (Å²) in [6.07, 6.45) is -4.53. The van der Waals surface area contributed by atoms with Gasteiger partial charge in [-0.05, 0) is 41.3 Å². The van der Waals surface area contributed by atoms with Crippen molar-refractivity contribution < 1.29 is 27.6 Å². The van der Waals surface area contributed by atoms with E-state index in [1.54, 1.807) is 36.4 Å². The summed E-state index contributed by atoms with van der Waals surface area (Å²) in [5.74, 6) is -0.991. The molecule has 1 atom stereocenters. The van der Waals surface area contributed by atoms with Gasteiger partial charge in [0.2, 0.25) is 5.91 Å². The number of likely N-dealkylation sites (N-methyl/N-ethyl adjacent to an activating group) is 1. The summed E-state index contributed by atoms with van der Waals surface area (Å²) < 4.78 is 39.4. The van der Waals surface area contributed by atoms with E-state index in [2.05, 4.69) is 0 Å². The van der Waals surface area contributed by atoms with Crippen LogP contribution in [0.4, 0.5) is 18.0 Å². The van der Waals surface area contributed by atoms with Crippen molar-refractivity contribution in [3.8, 4) is 11.1 Å². The molecule has 0 radical (unpaired) electrons. The first kappa shape index (κ1) is 22.1. The average Bonchev–Trinajstić information content (AvgIpc) is 3.19. The monoisotopic (exact) mass is 465 g/mol. The lowest BCUT2D eigenvalue weighted by molar-refractivity contribution is -0.172. The van der Waals surface area contributed by atoms with E-state index in [1.807, 2.05) is 0 Å². The minimum atomic E-state index is -4.53. The number of benzene rings is 2. The number of fused-ring (bicyclic) bond motifs is 1. The molecule has 2 aliphatic heterocycles. The van der Waals surface area contributed by atoms with Gasteiger partial charge in [0.15, 0.2) is 0 Å². The highest BCUT2D eigenvalue weighted by Gasteiger charge is 2.45. The number of urea groups is 1. The predicted octanol–water partition coefficient (Wildman–Crippen LogP) is 4.31. The van der Waals surface area contributed by atoms with Gasteiger partial charge >= 0.3 is 12.2 Å². The Morgan fingerprint density at radius 2 is 1.69 bits per heavy atom. The van der Waals surface area contributed by atoms with Crippen molar-refractivity contribution in [3.05, 3.63) is 58.1 Å². The van der Waals surface area contributed by atoms with Gasteiger partial charge in [-0.15, -0.1) is 0 Å². The highest BCUT2D eigenvalue weighted by molar-refractivity contribution is 6.34. The van der Waals surface area contributed by atoms with Crippen LogP contribution in [0.15, 0.2) is 36.4 Å². The predicted molar refractivity (Wildman–Crippen MR) is 111 cm³/mol. The second kappa shape index (κ2) is 7.81. The number of amides is 4. The van der Waals surface area contributed by atoms with Crippen molar-refractivity contribution in [2.24, 2.45) is 0 Å². The Balaban J connectivity index is 1.55. The molecule has 2 aromatic carbocycles. The molecule has 6 nitrogen and oxygen atoms in total. The molecule has 0 aliphatic carbocycles. The second-order valence-electron chi connectivity index (χ2n) is 7.93. The molecule has 0 bridgehead atoms. The van der Waals surface area contributed by atoms with Gasteiger partial charge in [0.25, 0.3) is 5.91 Å². The molecule has 0 N–H and O–H groups in total. The number of carbonyl (C=O) groups excluding carboxylic acids is 3. The Morgan fingerprint density at radius 3 is 2.25 bits per heavy atom. The molecule has 2 aromatic rings. The topological polar surface area (TPSA) is 60.9 Å². The maximum absolute atomic E-state index is 13.1. The molecule has 1 unspecified atom stereocenters. The fourth-order valence-electron chi connectivity index (χ4n) is 3.89. The zero-order valence-electron chi connectivity index (χ0n) is 17.2. The van der Waals surface area contributed by atoms with Gasteiger partial charge in [-0.25, -0.2) is 4.79 Å². The number of carbonyl (C=O) groups is 3. The molecular formula is C22H19ClF3N3O3. The molecule has 0 aromatic heterocycles. The van der Waals surface area contributed by atoms with Crippen LogP contribution in [0.25, 0.3) is 11.1 Å². The van der Waals surface area contributed by atoms with Gasteiger partial charge in [-0.1, -0.05) is 35.9 Å². The summed E-state index contributed by atoms with van der Waals surface area (Å²) in [5, 5.41) is 0.104. The second-order valence-corrected chi connectivity index (χ2v) is 8.34. The summed E-state index contributed by atoms with van der Waals surface area (Å²) in [4.78, 5) is 39.5. The van der Waals surface area contributed by atoms with Crippen LogP contribution in [0.2, 0.25) is 5.02 Å². The van der Waals surface area contributed by atoms with Crippen molar-refractivity contribution in [1.82, 2.24) is 14.7 Å². The van der Waals surface area contributed by atoms with E-state index in [0.717, 1.165) is 27.9 Å². The van der Waals surface area contributed by atoms with Crippen molar-refractivity contribution in [1.29, 1.82) is 0 Å². The summed E-state index contributed by atoms with van der Waals surface area (Å²) in [6.45, 7) is 1.09. The molecule has 4 amide bonds. The molecule has 0 saturated carbocycles. The maximum Gasteiger partial charge on any atom is 0.408 e. The largest absolute Gasteiger partial charge is 0.408 e. The normalized spacial score (nSPS) is 17.4. The van der Waals surface area contributed by atoms with E-state index in [1.165, 1.54) is 11.9 Å². The van der Waals surface area contributed by atoms with Gasteiger partial charge in [0.1, 0.15) is 12.6 Å². The van der Waals surface area contributed by atoms with Crippen LogP contribution in [0.3, 0.4) is 0 Å². The van der Waals surface area contributed by atoms with Crippen LogP contribution in [0, 0.1) is 0 Å². The lowest BCUT2D eigenvalue weighted by Gasteiger charge is -2.26.